The molecule has 1 aromatic heterocycles. The zero-order valence-electron chi connectivity index (χ0n) is 10.4. The molecule has 0 radical (unpaired) electrons. The van der Waals surface area contributed by atoms with Gasteiger partial charge < -0.3 is 10.3 Å². The van der Waals surface area contributed by atoms with Crippen molar-refractivity contribution in [2.24, 2.45) is 0 Å². The van der Waals surface area contributed by atoms with Gasteiger partial charge in [0.05, 0.1) is 0 Å². The molecule has 0 aliphatic heterocycles. The number of rotatable bonds is 5. The number of carbonyl (C=O) groups excluding carboxylic acids is 1. The Hall–Kier alpha value is -1.23. The van der Waals surface area contributed by atoms with Gasteiger partial charge in [-0.2, -0.15) is 11.8 Å². The molecule has 0 spiro atoms. The first kappa shape index (κ1) is 13.8. The van der Waals surface area contributed by atoms with Crippen molar-refractivity contribution in [3.05, 3.63) is 33.7 Å². The Kier molecular flexibility index (Phi) is 5.28. The van der Waals surface area contributed by atoms with Gasteiger partial charge in [0.25, 0.3) is 5.91 Å². The monoisotopic (exact) mass is 254 g/mol. The van der Waals surface area contributed by atoms with E-state index in [1.807, 2.05) is 13.2 Å². The Morgan fingerprint density at radius 2 is 2.29 bits per heavy atom. The van der Waals surface area contributed by atoms with Crippen LogP contribution in [-0.2, 0) is 0 Å². The van der Waals surface area contributed by atoms with E-state index in [0.717, 1.165) is 17.9 Å². The average molecular weight is 254 g/mol. The largest absolute Gasteiger partial charge is 0.364 e. The highest BCUT2D eigenvalue weighted by Crippen LogP contribution is 2.01. The maximum atomic E-state index is 11.8. The van der Waals surface area contributed by atoms with Crippen molar-refractivity contribution >= 4 is 17.7 Å². The first-order valence-electron chi connectivity index (χ1n) is 5.53. The topological polar surface area (TPSA) is 62.0 Å². The summed E-state index contributed by atoms with van der Waals surface area (Å²) in [5.41, 5.74) is 0.685. The van der Waals surface area contributed by atoms with Gasteiger partial charge in [0.2, 0.25) is 0 Å². The molecule has 1 amide bonds. The predicted molar refractivity (Wildman–Crippen MR) is 71.7 cm³/mol. The zero-order chi connectivity index (χ0) is 12.8. The second-order valence-corrected chi connectivity index (χ2v) is 5.04. The van der Waals surface area contributed by atoms with Gasteiger partial charge in [-0.15, -0.1) is 0 Å². The molecule has 1 unspecified atom stereocenters. The molecule has 1 aromatic rings. The van der Waals surface area contributed by atoms with Crippen LogP contribution in [0.5, 0.6) is 0 Å². The van der Waals surface area contributed by atoms with Crippen LogP contribution in [0.4, 0.5) is 0 Å². The number of pyridine rings is 1. The fraction of sp³-hybridized carbons (Fsp3) is 0.500. The van der Waals surface area contributed by atoms with Crippen molar-refractivity contribution in [3.63, 3.8) is 0 Å². The second-order valence-electron chi connectivity index (χ2n) is 4.05. The van der Waals surface area contributed by atoms with E-state index in [0.29, 0.717) is 0 Å². The number of amides is 1. The number of aromatic amines is 1. The Bertz CT molecular complexity index is 442. The summed E-state index contributed by atoms with van der Waals surface area (Å²) in [6.45, 7) is 3.72. The molecule has 17 heavy (non-hydrogen) atoms. The molecule has 1 atom stereocenters. The lowest BCUT2D eigenvalue weighted by Crippen LogP contribution is -2.35. The van der Waals surface area contributed by atoms with Gasteiger partial charge in [0, 0.05) is 24.0 Å². The molecule has 2 N–H and O–H groups in total. The molecule has 0 fully saturated rings. The highest BCUT2D eigenvalue weighted by molar-refractivity contribution is 7.98. The minimum atomic E-state index is -0.306. The van der Waals surface area contributed by atoms with E-state index in [1.54, 1.807) is 18.7 Å². The minimum absolute atomic E-state index is 0.0793. The van der Waals surface area contributed by atoms with Crippen LogP contribution in [0.3, 0.4) is 0 Å². The number of nitrogens with one attached hydrogen (secondary N) is 2. The van der Waals surface area contributed by atoms with Crippen molar-refractivity contribution in [1.29, 1.82) is 0 Å². The summed E-state index contributed by atoms with van der Waals surface area (Å²) in [7, 11) is 0. The molecule has 0 saturated carbocycles. The summed E-state index contributed by atoms with van der Waals surface area (Å²) >= 11 is 1.74. The summed E-state index contributed by atoms with van der Waals surface area (Å²) in [6.07, 6.45) is 4.39. The highest BCUT2D eigenvalue weighted by Gasteiger charge is 2.12. The van der Waals surface area contributed by atoms with Crippen molar-refractivity contribution in [2.75, 3.05) is 12.0 Å². The number of hydrogen-bond donors (Lipinski definition) is 2. The average Bonchev–Trinajstić information content (AvgIpc) is 2.26. The Morgan fingerprint density at radius 3 is 2.88 bits per heavy atom. The second kappa shape index (κ2) is 6.49. The van der Waals surface area contributed by atoms with Gasteiger partial charge in [0.15, 0.2) is 5.43 Å². The van der Waals surface area contributed by atoms with Crippen LogP contribution in [0, 0.1) is 6.92 Å². The molecular formula is C12H18N2O2S. The van der Waals surface area contributed by atoms with Crippen molar-refractivity contribution in [2.45, 2.75) is 26.3 Å². The third-order valence-electron chi connectivity index (χ3n) is 2.43. The van der Waals surface area contributed by atoms with Gasteiger partial charge in [0.1, 0.15) is 5.56 Å². The van der Waals surface area contributed by atoms with Crippen LogP contribution < -0.4 is 10.7 Å². The number of hydrogen-bond acceptors (Lipinski definition) is 3. The summed E-state index contributed by atoms with van der Waals surface area (Å²) in [5, 5.41) is 2.82. The van der Waals surface area contributed by atoms with Crippen LogP contribution in [0.2, 0.25) is 0 Å². The Balaban J connectivity index is 2.67. The molecule has 0 aliphatic rings. The Morgan fingerprint density at radius 1 is 1.59 bits per heavy atom. The predicted octanol–water partition coefficient (Wildman–Crippen LogP) is 1.55. The SMILES string of the molecule is CSCCC(C)NC(=O)c1c[nH]c(C)cc1=O. The van der Waals surface area contributed by atoms with Crippen LogP contribution in [0.25, 0.3) is 0 Å². The molecule has 0 bridgehead atoms. The van der Waals surface area contributed by atoms with E-state index >= 15 is 0 Å². The molecule has 1 rings (SSSR count). The van der Waals surface area contributed by atoms with Gasteiger partial charge in [-0.3, -0.25) is 9.59 Å². The quantitative estimate of drug-likeness (QED) is 0.838. The van der Waals surface area contributed by atoms with Gasteiger partial charge in [-0.1, -0.05) is 0 Å². The standard InChI is InChI=1S/C12H18N2O2S/c1-8(4-5-17-3)14-12(16)10-7-13-9(2)6-11(10)15/h6-8H,4-5H2,1-3H3,(H,13,15)(H,14,16). The molecule has 1 heterocycles. The van der Waals surface area contributed by atoms with E-state index < -0.39 is 0 Å². The third-order valence-corrected chi connectivity index (χ3v) is 3.08. The number of H-pyrrole nitrogens is 1. The number of thioether (sulfide) groups is 1. The maximum absolute atomic E-state index is 11.8. The number of carbonyl (C=O) groups is 1. The highest BCUT2D eigenvalue weighted by atomic mass is 32.2. The lowest BCUT2D eigenvalue weighted by atomic mass is 10.2. The summed E-state index contributed by atoms with van der Waals surface area (Å²) in [4.78, 5) is 26.3. The fourth-order valence-electron chi connectivity index (χ4n) is 1.42. The summed E-state index contributed by atoms with van der Waals surface area (Å²) in [5.74, 6) is 0.686. The molecule has 94 valence electrons. The molecular weight excluding hydrogens is 236 g/mol. The van der Waals surface area contributed by atoms with E-state index in [4.69, 9.17) is 0 Å². The van der Waals surface area contributed by atoms with Crippen LogP contribution in [0.1, 0.15) is 29.4 Å². The molecule has 0 aliphatic carbocycles. The van der Waals surface area contributed by atoms with E-state index in [-0.39, 0.29) is 22.9 Å². The van der Waals surface area contributed by atoms with Crippen molar-refractivity contribution in [1.82, 2.24) is 10.3 Å². The number of aromatic nitrogens is 1. The molecule has 0 saturated heterocycles. The van der Waals surface area contributed by atoms with Crippen LogP contribution in [-0.4, -0.2) is 28.9 Å². The first-order valence-corrected chi connectivity index (χ1v) is 6.93. The molecule has 5 heteroatoms. The maximum Gasteiger partial charge on any atom is 0.256 e. The minimum Gasteiger partial charge on any atom is -0.364 e. The normalized spacial score (nSPS) is 12.2. The first-order chi connectivity index (χ1) is 8.04. The smallest absolute Gasteiger partial charge is 0.256 e. The van der Waals surface area contributed by atoms with Gasteiger partial charge in [-0.05, 0) is 32.3 Å². The van der Waals surface area contributed by atoms with Crippen LogP contribution in [0.15, 0.2) is 17.1 Å². The summed E-state index contributed by atoms with van der Waals surface area (Å²) in [6, 6.07) is 1.51. The van der Waals surface area contributed by atoms with Crippen molar-refractivity contribution in [3.8, 4) is 0 Å². The van der Waals surface area contributed by atoms with Gasteiger partial charge in [-0.25, -0.2) is 0 Å². The number of aryl methyl sites for hydroxylation is 1. The van der Waals surface area contributed by atoms with E-state index in [9.17, 15) is 9.59 Å². The van der Waals surface area contributed by atoms with E-state index in [1.165, 1.54) is 12.3 Å². The Labute approximate surface area is 105 Å². The zero-order valence-corrected chi connectivity index (χ0v) is 11.2. The lowest BCUT2D eigenvalue weighted by Gasteiger charge is -2.12. The lowest BCUT2D eigenvalue weighted by molar-refractivity contribution is 0.0938. The van der Waals surface area contributed by atoms with Crippen LogP contribution >= 0.6 is 11.8 Å². The van der Waals surface area contributed by atoms with Crippen molar-refractivity contribution < 1.29 is 4.79 Å². The van der Waals surface area contributed by atoms with E-state index in [2.05, 4.69) is 10.3 Å². The van der Waals surface area contributed by atoms with Gasteiger partial charge >= 0.3 is 0 Å². The molecule has 0 aromatic carbocycles. The molecule has 4 nitrogen and oxygen atoms in total. The third kappa shape index (κ3) is 4.26. The fourth-order valence-corrected chi connectivity index (χ4v) is 2.01. The summed E-state index contributed by atoms with van der Waals surface area (Å²) < 4.78 is 0.